The number of carbonyl (C=O) groups excluding carboxylic acids is 1. The molecule has 2 saturated carbocycles. The Hall–Kier alpha value is -1.39. The van der Waals surface area contributed by atoms with Crippen LogP contribution in [0.1, 0.15) is 50.2 Å². The minimum atomic E-state index is 0.0394. The van der Waals surface area contributed by atoms with Crippen LogP contribution in [-0.2, 0) is 27.2 Å². The van der Waals surface area contributed by atoms with Crippen molar-refractivity contribution >= 4 is 5.97 Å². The van der Waals surface area contributed by atoms with Crippen molar-refractivity contribution in [3.63, 3.8) is 0 Å². The molecule has 2 aliphatic carbocycles. The molecule has 6 atom stereocenters. The summed E-state index contributed by atoms with van der Waals surface area (Å²) >= 11 is 0. The van der Waals surface area contributed by atoms with E-state index in [4.69, 9.17) is 9.47 Å². The van der Waals surface area contributed by atoms with Crippen molar-refractivity contribution in [3.8, 4) is 0 Å². The first-order valence-corrected chi connectivity index (χ1v) is 11.2. The number of hydrogen-bond acceptors (Lipinski definition) is 4. The fourth-order valence-electron chi connectivity index (χ4n) is 7.15. The Morgan fingerprint density at radius 3 is 2.86 bits per heavy atom. The second-order valence-electron chi connectivity index (χ2n) is 10.4. The molecule has 0 unspecified atom stereocenters. The van der Waals surface area contributed by atoms with Gasteiger partial charge in [-0.15, -0.1) is 0 Å². The predicted molar refractivity (Wildman–Crippen MR) is 106 cm³/mol. The van der Waals surface area contributed by atoms with E-state index in [1.54, 1.807) is 0 Å². The predicted octanol–water partition coefficient (Wildman–Crippen LogP) is 3.57. The Kier molecular flexibility index (Phi) is 3.78. The molecule has 0 radical (unpaired) electrons. The molecule has 4 heteroatoms. The fourth-order valence-corrected chi connectivity index (χ4v) is 7.15. The maximum atomic E-state index is 12.9. The average Bonchev–Trinajstić information content (AvgIpc) is 3.39. The number of carbonyl (C=O) groups is 1. The van der Waals surface area contributed by atoms with Gasteiger partial charge in [0.25, 0.3) is 0 Å². The minimum absolute atomic E-state index is 0.0394. The van der Waals surface area contributed by atoms with E-state index < -0.39 is 0 Å². The van der Waals surface area contributed by atoms with E-state index in [2.05, 4.69) is 36.1 Å². The topological polar surface area (TPSA) is 42.1 Å². The van der Waals surface area contributed by atoms with Gasteiger partial charge in [-0.1, -0.05) is 31.2 Å². The lowest BCUT2D eigenvalue weighted by Gasteiger charge is -2.51. The van der Waals surface area contributed by atoms with Crippen LogP contribution in [0.4, 0.5) is 0 Å². The molecule has 3 heterocycles. The first-order valence-electron chi connectivity index (χ1n) is 11.2. The molecule has 1 spiro atoms. The van der Waals surface area contributed by atoms with Gasteiger partial charge in [-0.25, -0.2) is 0 Å². The molecule has 0 bridgehead atoms. The van der Waals surface area contributed by atoms with Crippen LogP contribution in [0.5, 0.6) is 0 Å². The monoisotopic (exact) mass is 381 g/mol. The summed E-state index contributed by atoms with van der Waals surface area (Å²) in [7, 11) is 0. The zero-order valence-electron chi connectivity index (χ0n) is 16.9. The van der Waals surface area contributed by atoms with E-state index in [1.807, 2.05) is 0 Å². The normalized spacial score (nSPS) is 44.5. The lowest BCUT2D eigenvalue weighted by Crippen LogP contribution is -2.51. The highest BCUT2D eigenvalue weighted by Gasteiger charge is 2.65. The summed E-state index contributed by atoms with van der Waals surface area (Å²) in [5, 5.41) is 0. The van der Waals surface area contributed by atoms with Gasteiger partial charge in [0.05, 0.1) is 18.1 Å². The van der Waals surface area contributed by atoms with Crippen LogP contribution >= 0.6 is 0 Å². The Morgan fingerprint density at radius 1 is 1.21 bits per heavy atom. The third-order valence-corrected chi connectivity index (χ3v) is 8.74. The van der Waals surface area contributed by atoms with Gasteiger partial charge in [-0.3, -0.25) is 9.69 Å². The average molecular weight is 382 g/mol. The lowest BCUT2D eigenvalue weighted by atomic mass is 9.53. The molecule has 5 aliphatic rings. The number of benzene rings is 1. The zero-order chi connectivity index (χ0) is 18.9. The van der Waals surface area contributed by atoms with Gasteiger partial charge < -0.3 is 9.47 Å². The molecule has 2 saturated heterocycles. The van der Waals surface area contributed by atoms with Gasteiger partial charge >= 0.3 is 5.97 Å². The van der Waals surface area contributed by atoms with Crippen LogP contribution < -0.4 is 0 Å². The largest absolute Gasteiger partial charge is 0.462 e. The maximum absolute atomic E-state index is 12.9. The molecule has 4 nitrogen and oxygen atoms in total. The molecule has 28 heavy (non-hydrogen) atoms. The lowest BCUT2D eigenvalue weighted by molar-refractivity contribution is -0.147. The van der Waals surface area contributed by atoms with Gasteiger partial charge in [0.2, 0.25) is 0 Å². The van der Waals surface area contributed by atoms with Gasteiger partial charge in [-0.05, 0) is 61.0 Å². The Morgan fingerprint density at radius 2 is 2.04 bits per heavy atom. The highest BCUT2D eigenvalue weighted by molar-refractivity contribution is 5.75. The highest BCUT2D eigenvalue weighted by atomic mass is 16.6. The van der Waals surface area contributed by atoms with E-state index in [9.17, 15) is 4.79 Å². The van der Waals surface area contributed by atoms with Crippen molar-refractivity contribution in [2.75, 3.05) is 19.7 Å². The molecular weight excluding hydrogens is 350 g/mol. The molecule has 4 fully saturated rings. The summed E-state index contributed by atoms with van der Waals surface area (Å²) in [5.74, 6) is 1.08. The van der Waals surface area contributed by atoms with Crippen molar-refractivity contribution in [1.82, 2.24) is 4.90 Å². The number of hydrogen-bond donors (Lipinski definition) is 0. The maximum Gasteiger partial charge on any atom is 0.310 e. The number of fused-ring (bicyclic) bond motifs is 4. The smallest absolute Gasteiger partial charge is 0.310 e. The van der Waals surface area contributed by atoms with Crippen molar-refractivity contribution in [3.05, 3.63) is 35.4 Å². The first-order chi connectivity index (χ1) is 13.6. The van der Waals surface area contributed by atoms with Gasteiger partial charge in [0.1, 0.15) is 6.10 Å². The number of epoxide rings is 1. The Bertz CT molecular complexity index is 803. The first kappa shape index (κ1) is 17.5. The quantitative estimate of drug-likeness (QED) is 0.580. The van der Waals surface area contributed by atoms with Crippen molar-refractivity contribution in [1.29, 1.82) is 0 Å². The van der Waals surface area contributed by atoms with Crippen LogP contribution in [0.15, 0.2) is 24.3 Å². The molecule has 150 valence electrons. The Balaban J connectivity index is 1.21. The standard InChI is InChI=1S/C24H31NO3/c1-23-8-4-9-24(15-27-24)21(23)11-18-19(22(26)28-20(18)12-23)14-25-10-7-16-5-2-3-6-17(16)13-25/h2-3,5-6,18-21H,4,7-15H2,1H3/t18-,19+,20-,21-,23-,24+/m1/s1. The van der Waals surface area contributed by atoms with E-state index >= 15 is 0 Å². The molecule has 1 aromatic rings. The summed E-state index contributed by atoms with van der Waals surface area (Å²) < 4.78 is 12.0. The van der Waals surface area contributed by atoms with Crippen LogP contribution in [0.3, 0.4) is 0 Å². The van der Waals surface area contributed by atoms with Crippen LogP contribution in [-0.4, -0.2) is 42.3 Å². The fraction of sp³-hybridized carbons (Fsp3) is 0.708. The summed E-state index contributed by atoms with van der Waals surface area (Å²) in [6, 6.07) is 8.74. The van der Waals surface area contributed by atoms with Crippen LogP contribution in [0.25, 0.3) is 0 Å². The highest BCUT2D eigenvalue weighted by Crippen LogP contribution is 2.62. The number of rotatable bonds is 2. The molecule has 0 amide bonds. The van der Waals surface area contributed by atoms with Crippen molar-refractivity contribution in [2.45, 2.75) is 63.7 Å². The van der Waals surface area contributed by atoms with Crippen LogP contribution in [0.2, 0.25) is 0 Å². The SMILES string of the molecule is C[C@]12CCC[C@]3(CO3)[C@@H]1C[C@@H]1[C@H](CN3CCc4ccccc4C3)C(=O)O[C@@H]1C2. The van der Waals surface area contributed by atoms with Crippen LogP contribution in [0, 0.1) is 23.2 Å². The van der Waals surface area contributed by atoms with E-state index in [-0.39, 0.29) is 29.0 Å². The van der Waals surface area contributed by atoms with E-state index in [0.717, 1.165) is 45.5 Å². The molecule has 6 rings (SSSR count). The number of esters is 1. The van der Waals surface area contributed by atoms with Gasteiger partial charge in [0.15, 0.2) is 0 Å². The third kappa shape index (κ3) is 2.60. The number of nitrogens with zero attached hydrogens (tertiary/aromatic N) is 1. The molecule has 0 aromatic heterocycles. The zero-order valence-corrected chi connectivity index (χ0v) is 16.9. The summed E-state index contributed by atoms with van der Waals surface area (Å²) in [6.45, 7) is 6.23. The van der Waals surface area contributed by atoms with Gasteiger partial charge in [-0.2, -0.15) is 0 Å². The minimum Gasteiger partial charge on any atom is -0.462 e. The summed E-state index contributed by atoms with van der Waals surface area (Å²) in [6.07, 6.45) is 7.10. The second-order valence-corrected chi connectivity index (χ2v) is 10.4. The van der Waals surface area contributed by atoms with E-state index in [0.29, 0.717) is 11.8 Å². The summed E-state index contributed by atoms with van der Waals surface area (Å²) in [5.41, 5.74) is 3.31. The van der Waals surface area contributed by atoms with Crippen molar-refractivity contribution in [2.24, 2.45) is 23.2 Å². The second kappa shape index (κ2) is 6.06. The molecule has 1 aromatic carbocycles. The third-order valence-electron chi connectivity index (χ3n) is 8.74. The molecular formula is C24H31NO3. The summed E-state index contributed by atoms with van der Waals surface area (Å²) in [4.78, 5) is 15.3. The molecule has 3 aliphatic heterocycles. The van der Waals surface area contributed by atoms with Crippen molar-refractivity contribution < 1.29 is 14.3 Å². The Labute approximate surface area is 167 Å². The molecule has 0 N–H and O–H groups in total. The van der Waals surface area contributed by atoms with Gasteiger partial charge in [0, 0.05) is 25.6 Å². The van der Waals surface area contributed by atoms with E-state index in [1.165, 1.54) is 30.4 Å². The number of ether oxygens (including phenoxy) is 2.